The lowest BCUT2D eigenvalue weighted by atomic mass is 10.0. The Morgan fingerprint density at radius 2 is 1.36 bits per heavy atom. The summed E-state index contributed by atoms with van der Waals surface area (Å²) in [7, 11) is -3.74. The Bertz CT molecular complexity index is 1160. The molecular weight excluding hydrogens is 475 g/mol. The molecule has 1 unspecified atom stereocenters. The van der Waals surface area contributed by atoms with Crippen molar-refractivity contribution in [2.24, 2.45) is 5.92 Å². The van der Waals surface area contributed by atoms with E-state index in [1.54, 1.807) is 24.3 Å². The molecule has 36 heavy (non-hydrogen) atoms. The number of amides is 1. The lowest BCUT2D eigenvalue weighted by molar-refractivity contribution is -0.142. The first-order valence-electron chi connectivity index (χ1n) is 12.0. The minimum atomic E-state index is -3.74. The summed E-state index contributed by atoms with van der Waals surface area (Å²) in [5.74, 6) is -1.59. The van der Waals surface area contributed by atoms with Crippen LogP contribution in [0.25, 0.3) is 0 Å². The van der Waals surface area contributed by atoms with Gasteiger partial charge in [0, 0.05) is 0 Å². The van der Waals surface area contributed by atoms with Gasteiger partial charge in [0.2, 0.25) is 5.91 Å². The molecular formula is C28H33N2O5P. The van der Waals surface area contributed by atoms with Crippen molar-refractivity contribution in [3.05, 3.63) is 102 Å². The molecule has 8 heteroatoms. The average Bonchev–Trinajstić information content (AvgIpc) is 2.88. The van der Waals surface area contributed by atoms with Crippen molar-refractivity contribution in [1.82, 2.24) is 10.4 Å². The Balaban J connectivity index is 1.91. The minimum absolute atomic E-state index is 0.0663. The number of carbonyl (C=O) groups excluding carboxylic acids is 1. The second kappa shape index (κ2) is 13.2. The van der Waals surface area contributed by atoms with E-state index in [4.69, 9.17) is 4.52 Å². The van der Waals surface area contributed by atoms with Gasteiger partial charge in [0.05, 0.1) is 18.0 Å². The standard InChI is InChI=1S/C28H33N2O5P/c1-21(2)18-26(28(32)33)29-27(31)25(19-22-12-6-3-7-13-22)30-36(34,24-16-10-5-11-17-24)35-20-23-14-8-4-9-15-23/h3-17,21,25-26H,18-20H2,1-2H3,(H,29,31)(H,30,34)(H,32,33)/t25-,26-,36?/m0/s1. The quantitative estimate of drug-likeness (QED) is 0.293. The summed E-state index contributed by atoms with van der Waals surface area (Å²) in [6.07, 6.45) is 0.478. The van der Waals surface area contributed by atoms with Gasteiger partial charge in [-0.2, -0.15) is 0 Å². The molecule has 3 aromatic carbocycles. The molecule has 0 heterocycles. The highest BCUT2D eigenvalue weighted by molar-refractivity contribution is 7.65. The van der Waals surface area contributed by atoms with Crippen molar-refractivity contribution >= 4 is 24.7 Å². The molecule has 0 spiro atoms. The smallest absolute Gasteiger partial charge is 0.326 e. The molecule has 0 radical (unpaired) electrons. The Labute approximate surface area is 212 Å². The Hall–Kier alpha value is -3.25. The van der Waals surface area contributed by atoms with Gasteiger partial charge in [-0.1, -0.05) is 92.7 Å². The predicted octanol–water partition coefficient (Wildman–Crippen LogP) is 4.54. The third-order valence-electron chi connectivity index (χ3n) is 5.60. The number of carboxylic acid groups (broad SMARTS) is 1. The number of nitrogens with one attached hydrogen (secondary N) is 2. The highest BCUT2D eigenvalue weighted by atomic mass is 31.2. The van der Waals surface area contributed by atoms with Crippen molar-refractivity contribution < 1.29 is 23.8 Å². The first-order chi connectivity index (χ1) is 17.3. The number of aliphatic carboxylic acids is 1. The lowest BCUT2D eigenvalue weighted by Gasteiger charge is -2.27. The van der Waals surface area contributed by atoms with Crippen LogP contribution in [0.15, 0.2) is 91.0 Å². The molecule has 3 aromatic rings. The zero-order chi connectivity index (χ0) is 26.0. The number of hydrogen-bond donors (Lipinski definition) is 3. The largest absolute Gasteiger partial charge is 0.480 e. The van der Waals surface area contributed by atoms with Crippen LogP contribution in [-0.2, 0) is 31.7 Å². The van der Waals surface area contributed by atoms with Crippen molar-refractivity contribution in [1.29, 1.82) is 0 Å². The first-order valence-corrected chi connectivity index (χ1v) is 13.6. The molecule has 0 aliphatic rings. The van der Waals surface area contributed by atoms with Gasteiger partial charge < -0.3 is 14.9 Å². The fourth-order valence-electron chi connectivity index (χ4n) is 3.77. The Kier molecular flexibility index (Phi) is 10.00. The van der Waals surface area contributed by atoms with Crippen molar-refractivity contribution in [3.8, 4) is 0 Å². The molecule has 1 amide bonds. The molecule has 3 N–H and O–H groups in total. The molecule has 0 bridgehead atoms. The van der Waals surface area contributed by atoms with Crippen LogP contribution in [0.2, 0.25) is 0 Å². The van der Waals surface area contributed by atoms with Crippen LogP contribution < -0.4 is 15.7 Å². The normalized spacial score (nSPS) is 14.5. The van der Waals surface area contributed by atoms with E-state index in [-0.39, 0.29) is 25.4 Å². The van der Waals surface area contributed by atoms with E-state index in [2.05, 4.69) is 10.4 Å². The van der Waals surface area contributed by atoms with E-state index in [1.807, 2.05) is 80.6 Å². The van der Waals surface area contributed by atoms with E-state index in [9.17, 15) is 19.3 Å². The highest BCUT2D eigenvalue weighted by Crippen LogP contribution is 2.43. The third kappa shape index (κ3) is 8.16. The number of benzene rings is 3. The molecule has 0 aliphatic heterocycles. The highest BCUT2D eigenvalue weighted by Gasteiger charge is 2.34. The molecule has 0 aliphatic carbocycles. The molecule has 0 saturated heterocycles. The fraction of sp³-hybridized carbons (Fsp3) is 0.286. The van der Waals surface area contributed by atoms with Gasteiger partial charge in [-0.25, -0.2) is 9.88 Å². The molecule has 3 rings (SSSR count). The van der Waals surface area contributed by atoms with Gasteiger partial charge in [-0.3, -0.25) is 9.36 Å². The van der Waals surface area contributed by atoms with E-state index in [0.717, 1.165) is 11.1 Å². The topological polar surface area (TPSA) is 105 Å². The third-order valence-corrected chi connectivity index (χ3v) is 7.72. The van der Waals surface area contributed by atoms with Gasteiger partial charge in [0.1, 0.15) is 6.04 Å². The summed E-state index contributed by atoms with van der Waals surface area (Å²) in [5.41, 5.74) is 1.67. The molecule has 0 aromatic heterocycles. The predicted molar refractivity (Wildman–Crippen MR) is 141 cm³/mol. The summed E-state index contributed by atoms with van der Waals surface area (Å²) in [6, 6.07) is 25.3. The number of rotatable bonds is 13. The SMILES string of the molecule is CC(C)C[C@H](NC(=O)[C@H](Cc1ccccc1)NP(=O)(OCc1ccccc1)c1ccccc1)C(=O)O. The molecule has 0 saturated carbocycles. The first kappa shape index (κ1) is 27.3. The summed E-state index contributed by atoms with van der Waals surface area (Å²) in [4.78, 5) is 25.2. The van der Waals surface area contributed by atoms with Crippen LogP contribution in [0, 0.1) is 5.92 Å². The Morgan fingerprint density at radius 1 is 0.833 bits per heavy atom. The number of carbonyl (C=O) groups is 2. The molecule has 3 atom stereocenters. The van der Waals surface area contributed by atoms with Crippen LogP contribution in [0.4, 0.5) is 0 Å². The molecule has 7 nitrogen and oxygen atoms in total. The molecule has 0 fully saturated rings. The number of hydrogen-bond acceptors (Lipinski definition) is 4. The van der Waals surface area contributed by atoms with Crippen molar-refractivity contribution in [3.63, 3.8) is 0 Å². The maximum Gasteiger partial charge on any atom is 0.326 e. The summed E-state index contributed by atoms with van der Waals surface area (Å²) >= 11 is 0. The average molecular weight is 509 g/mol. The maximum atomic E-state index is 14.3. The second-order valence-electron chi connectivity index (χ2n) is 9.05. The van der Waals surface area contributed by atoms with Crippen molar-refractivity contribution in [2.45, 2.75) is 45.4 Å². The van der Waals surface area contributed by atoms with Crippen molar-refractivity contribution in [2.75, 3.05) is 0 Å². The van der Waals surface area contributed by atoms with Crippen LogP contribution in [0.3, 0.4) is 0 Å². The van der Waals surface area contributed by atoms with Crippen LogP contribution in [-0.4, -0.2) is 29.1 Å². The van der Waals surface area contributed by atoms with Crippen LogP contribution >= 0.6 is 7.52 Å². The van der Waals surface area contributed by atoms with Gasteiger partial charge >= 0.3 is 13.5 Å². The van der Waals surface area contributed by atoms with E-state index >= 15 is 0 Å². The van der Waals surface area contributed by atoms with Gasteiger partial charge in [0.15, 0.2) is 0 Å². The van der Waals surface area contributed by atoms with Gasteiger partial charge in [0.25, 0.3) is 0 Å². The van der Waals surface area contributed by atoms with E-state index in [0.29, 0.717) is 5.30 Å². The zero-order valence-electron chi connectivity index (χ0n) is 20.5. The summed E-state index contributed by atoms with van der Waals surface area (Å²) in [5, 5.41) is 15.7. The Morgan fingerprint density at radius 3 is 1.89 bits per heavy atom. The molecule has 190 valence electrons. The van der Waals surface area contributed by atoms with E-state index in [1.165, 1.54) is 0 Å². The van der Waals surface area contributed by atoms with Crippen LogP contribution in [0.5, 0.6) is 0 Å². The fourth-order valence-corrected chi connectivity index (χ4v) is 5.65. The number of carboxylic acids is 1. The minimum Gasteiger partial charge on any atom is -0.480 e. The van der Waals surface area contributed by atoms with Gasteiger partial charge in [-0.05, 0) is 42.0 Å². The zero-order valence-corrected chi connectivity index (χ0v) is 21.4. The van der Waals surface area contributed by atoms with Gasteiger partial charge in [-0.15, -0.1) is 0 Å². The summed E-state index contributed by atoms with van der Waals surface area (Å²) in [6.45, 7) is 3.86. The maximum absolute atomic E-state index is 14.3. The summed E-state index contributed by atoms with van der Waals surface area (Å²) < 4.78 is 20.2. The monoisotopic (exact) mass is 508 g/mol. The van der Waals surface area contributed by atoms with Crippen LogP contribution in [0.1, 0.15) is 31.4 Å². The van der Waals surface area contributed by atoms with E-state index < -0.39 is 31.5 Å². The lowest BCUT2D eigenvalue weighted by Crippen LogP contribution is -2.51. The second-order valence-corrected chi connectivity index (χ2v) is 11.2.